The Balaban J connectivity index is 1.76. The van der Waals surface area contributed by atoms with Crippen molar-refractivity contribution in [1.29, 1.82) is 0 Å². The first kappa shape index (κ1) is 25.3. The smallest absolute Gasteiger partial charge is 0.260 e. The Bertz CT molecular complexity index is 1320. The van der Waals surface area contributed by atoms with Crippen molar-refractivity contribution in [3.8, 4) is 5.69 Å². The van der Waals surface area contributed by atoms with Gasteiger partial charge in [-0.15, -0.1) is 0 Å². The van der Waals surface area contributed by atoms with Crippen molar-refractivity contribution in [3.05, 3.63) is 80.0 Å². The van der Waals surface area contributed by atoms with Crippen LogP contribution in [0.25, 0.3) is 5.69 Å². The Morgan fingerprint density at radius 3 is 2.45 bits per heavy atom. The highest BCUT2D eigenvalue weighted by Crippen LogP contribution is 2.30. The summed E-state index contributed by atoms with van der Waals surface area (Å²) in [6.07, 6.45) is 2.50. The molecule has 1 amide bonds. The molecule has 174 valence electrons. The summed E-state index contributed by atoms with van der Waals surface area (Å²) in [5.41, 5.74) is 6.24. The van der Waals surface area contributed by atoms with Crippen LogP contribution in [0.3, 0.4) is 0 Å². The molecule has 0 fully saturated rings. The summed E-state index contributed by atoms with van der Waals surface area (Å²) < 4.78 is 28.5. The molecule has 0 aliphatic heterocycles. The second-order valence-electron chi connectivity index (χ2n) is 7.30. The van der Waals surface area contributed by atoms with E-state index in [0.717, 1.165) is 37.7 Å². The van der Waals surface area contributed by atoms with Gasteiger partial charge < -0.3 is 4.57 Å². The molecule has 0 unspecified atom stereocenters. The average molecular weight is 572 g/mol. The highest BCUT2D eigenvalue weighted by atomic mass is 79.9. The van der Waals surface area contributed by atoms with Crippen molar-refractivity contribution >= 4 is 67.0 Å². The maximum atomic E-state index is 12.5. The van der Waals surface area contributed by atoms with Crippen molar-refractivity contribution in [2.45, 2.75) is 13.8 Å². The number of hydrogen-bond acceptors (Lipinski definition) is 4. The lowest BCUT2D eigenvalue weighted by Crippen LogP contribution is -2.39. The molecule has 0 radical (unpaired) electrons. The van der Waals surface area contributed by atoms with Gasteiger partial charge in [0.05, 0.1) is 23.2 Å². The monoisotopic (exact) mass is 570 g/mol. The van der Waals surface area contributed by atoms with Crippen LogP contribution in [0.4, 0.5) is 5.69 Å². The largest absolute Gasteiger partial charge is 0.318 e. The van der Waals surface area contributed by atoms with Gasteiger partial charge in [0.15, 0.2) is 0 Å². The van der Waals surface area contributed by atoms with E-state index >= 15 is 0 Å². The highest BCUT2D eigenvalue weighted by Gasteiger charge is 2.23. The summed E-state index contributed by atoms with van der Waals surface area (Å²) in [4.78, 5) is 12.5. The van der Waals surface area contributed by atoms with Crippen LogP contribution in [-0.4, -0.2) is 37.9 Å². The fraction of sp³-hybridized carbons (Fsp3) is 0.182. The third kappa shape index (κ3) is 6.17. The second kappa shape index (κ2) is 10.3. The van der Waals surface area contributed by atoms with Gasteiger partial charge in [-0.3, -0.25) is 9.10 Å². The van der Waals surface area contributed by atoms with Gasteiger partial charge in [-0.2, -0.15) is 5.10 Å². The lowest BCUT2D eigenvalue weighted by atomic mass is 10.2. The van der Waals surface area contributed by atoms with Crippen LogP contribution in [0, 0.1) is 13.8 Å². The molecule has 11 heteroatoms. The zero-order chi connectivity index (χ0) is 24.3. The molecule has 33 heavy (non-hydrogen) atoms. The first-order valence-corrected chi connectivity index (χ1v) is 13.1. The predicted molar refractivity (Wildman–Crippen MR) is 137 cm³/mol. The van der Waals surface area contributed by atoms with E-state index in [4.69, 9.17) is 23.2 Å². The van der Waals surface area contributed by atoms with Crippen molar-refractivity contribution in [2.75, 3.05) is 17.1 Å². The molecule has 0 spiro atoms. The van der Waals surface area contributed by atoms with Gasteiger partial charge in [0.1, 0.15) is 6.54 Å². The highest BCUT2D eigenvalue weighted by molar-refractivity contribution is 9.10. The second-order valence-corrected chi connectivity index (χ2v) is 11.0. The molecule has 0 aliphatic rings. The molecule has 1 aromatic heterocycles. The number of hydrogen-bond donors (Lipinski definition) is 1. The quantitative estimate of drug-likeness (QED) is 0.317. The molecule has 3 rings (SSSR count). The zero-order valence-electron chi connectivity index (χ0n) is 18.0. The summed E-state index contributed by atoms with van der Waals surface area (Å²) in [5, 5.41) is 4.46. The van der Waals surface area contributed by atoms with E-state index in [2.05, 4.69) is 31.0 Å². The van der Waals surface area contributed by atoms with Crippen LogP contribution in [-0.2, 0) is 14.8 Å². The van der Waals surface area contributed by atoms with E-state index in [1.165, 1.54) is 24.4 Å². The van der Waals surface area contributed by atoms with E-state index in [9.17, 15) is 13.2 Å². The molecule has 3 aromatic rings. The molecular weight excluding hydrogens is 551 g/mol. The maximum Gasteiger partial charge on any atom is 0.260 e. The van der Waals surface area contributed by atoms with Crippen molar-refractivity contribution in [1.82, 2.24) is 9.99 Å². The molecule has 0 saturated carbocycles. The minimum absolute atomic E-state index is 0.115. The fourth-order valence-corrected chi connectivity index (χ4v) is 4.86. The summed E-state index contributed by atoms with van der Waals surface area (Å²) in [5.74, 6) is -0.630. The number of amides is 1. The first-order valence-electron chi connectivity index (χ1n) is 9.67. The predicted octanol–water partition coefficient (Wildman–Crippen LogP) is 5.08. The molecule has 1 heterocycles. The number of rotatable bonds is 7. The van der Waals surface area contributed by atoms with Crippen LogP contribution in [0.15, 0.2) is 58.1 Å². The standard InChI is InChI=1S/C22H21BrCl2N4O3S/c1-14-10-16(15(2)29(14)19-7-4-17(23)5-8-19)12-26-27-22(30)13-28(33(3,31)32)21-11-18(24)6-9-20(21)25/h4-12H,13H2,1-3H3,(H,27,30)/b26-12-. The van der Waals surface area contributed by atoms with E-state index in [0.29, 0.717) is 5.02 Å². The average Bonchev–Trinajstić information content (AvgIpc) is 3.01. The fourth-order valence-electron chi connectivity index (χ4n) is 3.30. The van der Waals surface area contributed by atoms with Gasteiger partial charge in [-0.25, -0.2) is 13.8 Å². The lowest BCUT2D eigenvalue weighted by Gasteiger charge is -2.22. The summed E-state index contributed by atoms with van der Waals surface area (Å²) in [6, 6.07) is 14.2. The Hall–Kier alpha value is -2.33. The normalized spacial score (nSPS) is 11.7. The van der Waals surface area contributed by atoms with Crippen LogP contribution in [0.1, 0.15) is 17.0 Å². The Morgan fingerprint density at radius 2 is 1.82 bits per heavy atom. The summed E-state index contributed by atoms with van der Waals surface area (Å²) in [7, 11) is -3.80. The molecule has 0 atom stereocenters. The van der Waals surface area contributed by atoms with Crippen LogP contribution in [0.2, 0.25) is 10.0 Å². The van der Waals surface area contributed by atoms with Gasteiger partial charge in [0.2, 0.25) is 10.0 Å². The van der Waals surface area contributed by atoms with E-state index in [-0.39, 0.29) is 10.7 Å². The van der Waals surface area contributed by atoms with E-state index in [1.807, 2.05) is 44.2 Å². The molecule has 0 aliphatic carbocycles. The number of nitrogens with zero attached hydrogens (tertiary/aromatic N) is 3. The molecule has 7 nitrogen and oxygen atoms in total. The van der Waals surface area contributed by atoms with Crippen LogP contribution in [0.5, 0.6) is 0 Å². The summed E-state index contributed by atoms with van der Waals surface area (Å²) in [6.45, 7) is 3.42. The Morgan fingerprint density at radius 1 is 1.15 bits per heavy atom. The Kier molecular flexibility index (Phi) is 7.89. The molecule has 0 bridgehead atoms. The number of hydrazone groups is 1. The van der Waals surface area contributed by atoms with Crippen LogP contribution < -0.4 is 9.73 Å². The topological polar surface area (TPSA) is 83.8 Å². The number of nitrogens with one attached hydrogen (secondary N) is 1. The zero-order valence-corrected chi connectivity index (χ0v) is 21.9. The van der Waals surface area contributed by atoms with Gasteiger partial charge in [-0.05, 0) is 62.4 Å². The van der Waals surface area contributed by atoms with Gasteiger partial charge in [0, 0.05) is 32.1 Å². The number of benzene rings is 2. The number of sulfonamides is 1. The molecule has 0 saturated heterocycles. The van der Waals surface area contributed by atoms with Crippen molar-refractivity contribution in [3.63, 3.8) is 0 Å². The third-order valence-electron chi connectivity index (χ3n) is 4.81. The summed E-state index contributed by atoms with van der Waals surface area (Å²) >= 11 is 15.5. The van der Waals surface area contributed by atoms with Gasteiger partial charge in [-0.1, -0.05) is 39.1 Å². The number of anilines is 1. The lowest BCUT2D eigenvalue weighted by molar-refractivity contribution is -0.119. The van der Waals surface area contributed by atoms with Crippen LogP contribution >= 0.6 is 39.1 Å². The molecule has 2 aromatic carbocycles. The molecule has 1 N–H and O–H groups in total. The maximum absolute atomic E-state index is 12.5. The number of aryl methyl sites for hydroxylation is 1. The van der Waals surface area contributed by atoms with E-state index < -0.39 is 22.5 Å². The van der Waals surface area contributed by atoms with E-state index in [1.54, 1.807) is 0 Å². The van der Waals surface area contributed by atoms with Crippen molar-refractivity contribution in [2.24, 2.45) is 5.10 Å². The number of aromatic nitrogens is 1. The molecular formula is C22H21BrCl2N4O3S. The first-order chi connectivity index (χ1) is 15.5. The number of halogens is 3. The third-order valence-corrected chi connectivity index (χ3v) is 7.02. The number of carbonyl (C=O) groups is 1. The Labute approximate surface area is 211 Å². The minimum atomic E-state index is -3.80. The number of carbonyl (C=O) groups excluding carboxylic acids is 1. The van der Waals surface area contributed by atoms with Crippen molar-refractivity contribution < 1.29 is 13.2 Å². The van der Waals surface area contributed by atoms with Gasteiger partial charge in [0.25, 0.3) is 5.91 Å². The SMILES string of the molecule is Cc1cc(/C=N\NC(=O)CN(c2cc(Cl)ccc2Cl)S(C)(=O)=O)c(C)n1-c1ccc(Br)cc1. The minimum Gasteiger partial charge on any atom is -0.318 e. The van der Waals surface area contributed by atoms with Gasteiger partial charge >= 0.3 is 0 Å².